The van der Waals surface area contributed by atoms with Gasteiger partial charge in [-0.15, -0.1) is 0 Å². The van der Waals surface area contributed by atoms with Crippen LogP contribution in [0.4, 0.5) is 0 Å². The van der Waals surface area contributed by atoms with E-state index in [9.17, 15) is 4.79 Å². The third-order valence-corrected chi connectivity index (χ3v) is 8.37. The Hall–Kier alpha value is -4.10. The monoisotopic (exact) mass is 582 g/mol. The molecule has 8 heteroatoms. The summed E-state index contributed by atoms with van der Waals surface area (Å²) in [6.45, 7) is 4.93. The Kier molecular flexibility index (Phi) is 8.56. The molecule has 3 heterocycles. The number of hydrogen-bond donors (Lipinski definition) is 0. The van der Waals surface area contributed by atoms with Crippen LogP contribution in [-0.2, 0) is 17.9 Å². The maximum absolute atomic E-state index is 12.8. The van der Waals surface area contributed by atoms with Crippen molar-refractivity contribution in [2.45, 2.75) is 45.8 Å². The number of likely N-dealkylation sites (tertiary alicyclic amines) is 1. The zero-order valence-electron chi connectivity index (χ0n) is 23.8. The van der Waals surface area contributed by atoms with Crippen molar-refractivity contribution in [3.05, 3.63) is 95.3 Å². The first-order valence-corrected chi connectivity index (χ1v) is 15.0. The highest BCUT2D eigenvalue weighted by Gasteiger charge is 2.23. The van der Waals surface area contributed by atoms with E-state index >= 15 is 0 Å². The van der Waals surface area contributed by atoms with Crippen molar-refractivity contribution in [1.29, 1.82) is 0 Å². The number of hydrogen-bond acceptors (Lipinski definition) is 5. The predicted octanol–water partition coefficient (Wildman–Crippen LogP) is 7.22. The lowest BCUT2D eigenvalue weighted by Crippen LogP contribution is -2.41. The lowest BCUT2D eigenvalue weighted by molar-refractivity contribution is -0.134. The van der Waals surface area contributed by atoms with Gasteiger partial charge in [0.2, 0.25) is 5.88 Å². The number of piperidine rings is 1. The topological polar surface area (TPSA) is 69.5 Å². The quantitative estimate of drug-likeness (QED) is 0.174. The zero-order chi connectivity index (χ0) is 28.9. The van der Waals surface area contributed by atoms with Crippen molar-refractivity contribution in [3.63, 3.8) is 0 Å². The molecule has 5 aromatic rings. The highest BCUT2D eigenvalue weighted by atomic mass is 35.5. The molecule has 2 aromatic heterocycles. The normalized spacial score (nSPS) is 14.0. The van der Waals surface area contributed by atoms with E-state index in [-0.39, 0.29) is 12.5 Å². The highest BCUT2D eigenvalue weighted by molar-refractivity contribution is 6.30. The van der Waals surface area contributed by atoms with Gasteiger partial charge >= 0.3 is 0 Å². The Morgan fingerprint density at radius 3 is 2.57 bits per heavy atom. The lowest BCUT2D eigenvalue weighted by Gasteiger charge is -2.32. The lowest BCUT2D eigenvalue weighted by atomic mass is 9.92. The molecule has 0 unspecified atom stereocenters. The molecule has 1 aliphatic rings. The fourth-order valence-corrected chi connectivity index (χ4v) is 5.86. The minimum atomic E-state index is 0.0179. The molecule has 6 rings (SSSR count). The third kappa shape index (κ3) is 6.52. The second kappa shape index (κ2) is 12.8. The number of nitrogens with zero attached hydrogens (tertiary/aromatic N) is 4. The average Bonchev–Trinajstić information content (AvgIpc) is 3.38. The number of aryl methyl sites for hydroxylation is 2. The Bertz CT molecular complexity index is 1680. The van der Waals surface area contributed by atoms with Crippen molar-refractivity contribution >= 4 is 39.4 Å². The molecule has 0 N–H and O–H groups in total. The van der Waals surface area contributed by atoms with Gasteiger partial charge < -0.3 is 18.9 Å². The molecular weight excluding hydrogens is 548 g/mol. The molecule has 7 nitrogen and oxygen atoms in total. The van der Waals surface area contributed by atoms with E-state index in [2.05, 4.69) is 34.7 Å². The summed E-state index contributed by atoms with van der Waals surface area (Å²) in [6.07, 6.45) is 4.18. The Morgan fingerprint density at radius 1 is 0.929 bits per heavy atom. The maximum Gasteiger partial charge on any atom is 0.260 e. The number of imidazole rings is 1. The molecule has 1 aliphatic heterocycles. The van der Waals surface area contributed by atoms with Gasteiger partial charge in [0.05, 0.1) is 16.6 Å². The number of aromatic nitrogens is 3. The Labute approximate surface area is 251 Å². The minimum Gasteiger partial charge on any atom is -0.486 e. The fourth-order valence-electron chi connectivity index (χ4n) is 5.74. The van der Waals surface area contributed by atoms with Crippen LogP contribution in [0, 0.1) is 12.8 Å². The second-order valence-electron chi connectivity index (χ2n) is 11.0. The fraction of sp³-hybridized carbons (Fsp3) is 0.324. The number of ether oxygens (including phenoxy) is 2. The van der Waals surface area contributed by atoms with Gasteiger partial charge in [-0.1, -0.05) is 41.9 Å². The van der Waals surface area contributed by atoms with Crippen molar-refractivity contribution in [2.24, 2.45) is 5.92 Å². The Morgan fingerprint density at radius 2 is 1.74 bits per heavy atom. The molecule has 216 valence electrons. The summed E-state index contributed by atoms with van der Waals surface area (Å²) < 4.78 is 14.1. The van der Waals surface area contributed by atoms with Gasteiger partial charge in [0, 0.05) is 36.1 Å². The van der Waals surface area contributed by atoms with Gasteiger partial charge in [-0.25, -0.2) is 9.97 Å². The van der Waals surface area contributed by atoms with Gasteiger partial charge in [-0.3, -0.25) is 4.79 Å². The number of fused-ring (bicyclic) bond motifs is 2. The predicted molar refractivity (Wildman–Crippen MR) is 166 cm³/mol. The number of amides is 1. The number of halogens is 1. The number of benzene rings is 3. The molecule has 1 amide bonds. The summed E-state index contributed by atoms with van der Waals surface area (Å²) in [5.74, 6) is 2.80. The molecule has 0 spiro atoms. The molecule has 0 saturated carbocycles. The van der Waals surface area contributed by atoms with Crippen LogP contribution in [0.15, 0.2) is 78.9 Å². The van der Waals surface area contributed by atoms with Crippen LogP contribution in [0.25, 0.3) is 21.9 Å². The van der Waals surface area contributed by atoms with E-state index in [0.717, 1.165) is 84.4 Å². The Balaban J connectivity index is 0.998. The van der Waals surface area contributed by atoms with Crippen LogP contribution in [0.5, 0.6) is 11.6 Å². The standard InChI is InChI=1S/C34H35ClN4O3/c1-24-6-4-10-30-34(24)37-31(22-41-28-14-12-27(35)13-15-28)39(30)19-5-7-25-17-20-38(21-18-25)33(40)23-42-32-16-11-26-8-2-3-9-29(26)36-32/h2-4,6,8-16,25H,5,7,17-23H2,1H3. The number of rotatable bonds is 10. The van der Waals surface area contributed by atoms with Gasteiger partial charge in [-0.2, -0.15) is 0 Å². The molecule has 42 heavy (non-hydrogen) atoms. The number of carbonyl (C=O) groups is 1. The maximum atomic E-state index is 12.8. The van der Waals surface area contributed by atoms with Gasteiger partial charge in [0.1, 0.15) is 18.2 Å². The molecule has 1 saturated heterocycles. The smallest absolute Gasteiger partial charge is 0.260 e. The summed E-state index contributed by atoms with van der Waals surface area (Å²) >= 11 is 6.02. The molecule has 3 aromatic carbocycles. The highest BCUT2D eigenvalue weighted by Crippen LogP contribution is 2.26. The van der Waals surface area contributed by atoms with Gasteiger partial charge in [-0.05, 0) is 86.6 Å². The first-order chi connectivity index (χ1) is 20.5. The van der Waals surface area contributed by atoms with E-state index in [1.165, 1.54) is 0 Å². The molecule has 0 aliphatic carbocycles. The van der Waals surface area contributed by atoms with Crippen LogP contribution in [0.2, 0.25) is 5.02 Å². The van der Waals surface area contributed by atoms with Crippen LogP contribution >= 0.6 is 11.6 Å². The van der Waals surface area contributed by atoms with Crippen LogP contribution < -0.4 is 9.47 Å². The van der Waals surface area contributed by atoms with E-state index in [4.69, 9.17) is 26.1 Å². The summed E-state index contributed by atoms with van der Waals surface area (Å²) in [5, 5.41) is 1.74. The van der Waals surface area contributed by atoms with Crippen LogP contribution in [0.3, 0.4) is 0 Å². The van der Waals surface area contributed by atoms with E-state index in [0.29, 0.717) is 23.4 Å². The number of para-hydroxylation sites is 2. The molecule has 0 radical (unpaired) electrons. The molecular formula is C34H35ClN4O3. The summed E-state index contributed by atoms with van der Waals surface area (Å²) in [6, 6.07) is 25.4. The first-order valence-electron chi connectivity index (χ1n) is 14.6. The van der Waals surface area contributed by atoms with E-state index < -0.39 is 0 Å². The number of carbonyl (C=O) groups excluding carboxylic acids is 1. The van der Waals surface area contributed by atoms with Crippen molar-refractivity contribution < 1.29 is 14.3 Å². The molecule has 1 fully saturated rings. The molecule has 0 bridgehead atoms. The summed E-state index contributed by atoms with van der Waals surface area (Å²) in [5.41, 5.74) is 4.20. The largest absolute Gasteiger partial charge is 0.486 e. The van der Waals surface area contributed by atoms with Crippen LogP contribution in [-0.4, -0.2) is 45.0 Å². The van der Waals surface area contributed by atoms with Crippen molar-refractivity contribution in [1.82, 2.24) is 19.4 Å². The molecule has 0 atom stereocenters. The first kappa shape index (κ1) is 28.0. The average molecular weight is 583 g/mol. The van der Waals surface area contributed by atoms with Crippen LogP contribution in [0.1, 0.15) is 37.1 Å². The summed E-state index contributed by atoms with van der Waals surface area (Å²) in [4.78, 5) is 24.2. The SMILES string of the molecule is Cc1cccc2c1nc(COc1ccc(Cl)cc1)n2CCCC1CCN(C(=O)COc2ccc3ccccc3n2)CC1. The minimum absolute atomic E-state index is 0.0179. The van der Waals surface area contributed by atoms with Gasteiger partial charge in [0.25, 0.3) is 5.91 Å². The van der Waals surface area contributed by atoms with Crippen molar-refractivity contribution in [2.75, 3.05) is 19.7 Å². The van der Waals surface area contributed by atoms with E-state index in [1.54, 1.807) is 0 Å². The second-order valence-corrected chi connectivity index (χ2v) is 11.4. The number of pyridine rings is 1. The third-order valence-electron chi connectivity index (χ3n) is 8.12. The zero-order valence-corrected chi connectivity index (χ0v) is 24.6. The van der Waals surface area contributed by atoms with Gasteiger partial charge in [0.15, 0.2) is 6.61 Å². The van der Waals surface area contributed by atoms with Crippen molar-refractivity contribution in [3.8, 4) is 11.6 Å². The van der Waals surface area contributed by atoms with E-state index in [1.807, 2.05) is 65.6 Å². The summed E-state index contributed by atoms with van der Waals surface area (Å²) in [7, 11) is 0.